The van der Waals surface area contributed by atoms with Crippen LogP contribution in [0.1, 0.15) is 24.3 Å². The van der Waals surface area contributed by atoms with Gasteiger partial charge in [-0.2, -0.15) is 0 Å². The van der Waals surface area contributed by atoms with Gasteiger partial charge in [-0.15, -0.1) is 0 Å². The van der Waals surface area contributed by atoms with Crippen LogP contribution in [0.5, 0.6) is 5.75 Å². The van der Waals surface area contributed by atoms with Crippen molar-refractivity contribution in [2.75, 3.05) is 56.2 Å². The number of anilines is 2. The predicted octanol–water partition coefficient (Wildman–Crippen LogP) is 5.71. The molecule has 10 heteroatoms. The van der Waals surface area contributed by atoms with Gasteiger partial charge in [-0.1, -0.05) is 35.9 Å². The lowest BCUT2D eigenvalue weighted by molar-refractivity contribution is 0.0544. The van der Waals surface area contributed by atoms with E-state index in [2.05, 4.69) is 9.62 Å². The smallest absolute Gasteiger partial charge is 0.262 e. The second-order valence-corrected chi connectivity index (χ2v) is 11.1. The molecule has 0 saturated carbocycles. The van der Waals surface area contributed by atoms with Crippen molar-refractivity contribution in [3.05, 3.63) is 83.1 Å². The highest BCUT2D eigenvalue weighted by Crippen LogP contribution is 2.36. The zero-order chi connectivity index (χ0) is 27.0. The van der Waals surface area contributed by atoms with Crippen molar-refractivity contribution >= 4 is 33.0 Å². The topological polar surface area (TPSA) is 77.1 Å². The molecule has 0 aromatic heterocycles. The summed E-state index contributed by atoms with van der Waals surface area (Å²) >= 11 is 5.91. The number of para-hydroxylation sites is 2. The number of benzene rings is 3. The second-order valence-electron chi connectivity index (χ2n) is 8.98. The first-order valence-electron chi connectivity index (χ1n) is 12.5. The average molecular weight is 563 g/mol. The molecule has 7 nitrogen and oxygen atoms in total. The van der Waals surface area contributed by atoms with Gasteiger partial charge in [0.2, 0.25) is 0 Å². The lowest BCUT2D eigenvalue weighted by atomic mass is 9.89. The number of nitrogens with one attached hydrogen (secondary N) is 1. The van der Waals surface area contributed by atoms with Gasteiger partial charge < -0.3 is 19.1 Å². The zero-order valence-electron chi connectivity index (χ0n) is 21.2. The van der Waals surface area contributed by atoms with Gasteiger partial charge in [-0.05, 0) is 60.7 Å². The molecule has 0 atom stereocenters. The highest BCUT2D eigenvalue weighted by Gasteiger charge is 2.25. The Hall–Kier alpha value is -2.85. The van der Waals surface area contributed by atoms with Crippen LogP contribution in [-0.2, 0) is 19.5 Å². The Morgan fingerprint density at radius 1 is 0.974 bits per heavy atom. The van der Waals surface area contributed by atoms with E-state index in [4.69, 9.17) is 25.8 Å². The summed E-state index contributed by atoms with van der Waals surface area (Å²) in [7, 11) is -2.27. The Kier molecular flexibility index (Phi) is 9.85. The Balaban J connectivity index is 1.40. The minimum absolute atomic E-state index is 0.0838. The number of nitrogens with zero attached hydrogens (tertiary/aromatic N) is 1. The molecule has 1 heterocycles. The fourth-order valence-corrected chi connectivity index (χ4v) is 5.77. The van der Waals surface area contributed by atoms with Crippen LogP contribution in [0.15, 0.2) is 71.6 Å². The van der Waals surface area contributed by atoms with Crippen molar-refractivity contribution in [2.45, 2.75) is 23.7 Å². The number of rotatable bonds is 12. The molecule has 0 radical (unpaired) electrons. The maximum atomic E-state index is 14.4. The molecule has 0 amide bonds. The summed E-state index contributed by atoms with van der Waals surface area (Å²) in [6.45, 7) is 2.96. The predicted molar refractivity (Wildman–Crippen MR) is 147 cm³/mol. The molecule has 3 aromatic carbocycles. The van der Waals surface area contributed by atoms with Gasteiger partial charge in [-0.25, -0.2) is 12.8 Å². The third-order valence-electron chi connectivity index (χ3n) is 6.43. The molecular formula is C28H32ClFN2O5S. The minimum atomic E-state index is -3.87. The molecule has 0 bridgehead atoms. The monoisotopic (exact) mass is 562 g/mol. The fourth-order valence-electron chi connectivity index (χ4n) is 4.50. The quantitative estimate of drug-likeness (QED) is 0.285. The van der Waals surface area contributed by atoms with Crippen molar-refractivity contribution in [1.82, 2.24) is 0 Å². The van der Waals surface area contributed by atoms with Gasteiger partial charge in [0.1, 0.15) is 18.2 Å². The molecule has 0 aliphatic carbocycles. The van der Waals surface area contributed by atoms with E-state index in [1.807, 2.05) is 12.1 Å². The largest absolute Gasteiger partial charge is 0.491 e. The molecular weight excluding hydrogens is 531 g/mol. The van der Waals surface area contributed by atoms with E-state index in [-0.39, 0.29) is 16.6 Å². The molecule has 4 rings (SSSR count). The molecule has 1 aliphatic rings. The number of ether oxygens (including phenoxy) is 3. The SMILES string of the molecule is COCCOCCOc1cccc(S(=O)(=O)Nc2ccccc2N2CCC(c3ccc(Cl)cc3F)CC2)c1. The summed E-state index contributed by atoms with van der Waals surface area (Å²) < 4.78 is 59.7. The zero-order valence-corrected chi connectivity index (χ0v) is 22.8. The summed E-state index contributed by atoms with van der Waals surface area (Å²) in [5.41, 5.74) is 1.94. The van der Waals surface area contributed by atoms with Crippen molar-refractivity contribution in [1.29, 1.82) is 0 Å². The van der Waals surface area contributed by atoms with Gasteiger partial charge in [0.25, 0.3) is 10.0 Å². The van der Waals surface area contributed by atoms with Crippen LogP contribution >= 0.6 is 11.6 Å². The van der Waals surface area contributed by atoms with Crippen molar-refractivity contribution in [2.24, 2.45) is 0 Å². The molecule has 1 N–H and O–H groups in total. The first kappa shape index (κ1) is 28.2. The molecule has 0 spiro atoms. The summed E-state index contributed by atoms with van der Waals surface area (Å²) in [5.74, 6) is 0.238. The molecule has 38 heavy (non-hydrogen) atoms. The molecule has 0 unspecified atom stereocenters. The average Bonchev–Trinajstić information content (AvgIpc) is 2.91. The number of piperidine rings is 1. The van der Waals surface area contributed by atoms with Crippen LogP contribution < -0.4 is 14.4 Å². The molecule has 1 saturated heterocycles. The number of hydrogen-bond donors (Lipinski definition) is 1. The number of hydrogen-bond acceptors (Lipinski definition) is 6. The molecule has 1 aliphatic heterocycles. The third-order valence-corrected chi connectivity index (χ3v) is 8.03. The van der Waals surface area contributed by atoms with Crippen molar-refractivity contribution in [3.8, 4) is 5.75 Å². The van der Waals surface area contributed by atoms with Crippen LogP contribution in [0.25, 0.3) is 0 Å². The van der Waals surface area contributed by atoms with Gasteiger partial charge in [0, 0.05) is 31.3 Å². The van der Waals surface area contributed by atoms with Gasteiger partial charge in [0.15, 0.2) is 0 Å². The van der Waals surface area contributed by atoms with Crippen LogP contribution in [0.3, 0.4) is 0 Å². The third kappa shape index (κ3) is 7.38. The molecule has 1 fully saturated rings. The summed E-state index contributed by atoms with van der Waals surface area (Å²) in [5, 5.41) is 0.383. The summed E-state index contributed by atoms with van der Waals surface area (Å²) in [6.07, 6.45) is 1.49. The standard InChI is InChI=1S/C28H32ClFN2O5S/c1-35-15-16-36-17-18-37-23-5-4-6-24(20-23)38(33,34)31-27-7-2-3-8-28(27)32-13-11-21(12-14-32)25-10-9-22(29)19-26(25)30/h2-10,19-21,31H,11-18H2,1H3. The van der Waals surface area contributed by atoms with Crippen LogP contribution in [0, 0.1) is 5.82 Å². The van der Waals surface area contributed by atoms with E-state index in [1.165, 1.54) is 18.2 Å². The van der Waals surface area contributed by atoms with Crippen LogP contribution in [-0.4, -0.2) is 55.0 Å². The van der Waals surface area contributed by atoms with E-state index in [0.717, 1.165) is 18.5 Å². The maximum Gasteiger partial charge on any atom is 0.262 e. The Morgan fingerprint density at radius 3 is 2.50 bits per heavy atom. The molecule has 3 aromatic rings. The second kappa shape index (κ2) is 13.3. The molecule has 204 valence electrons. The first-order chi connectivity index (χ1) is 18.4. The fraction of sp³-hybridized carbons (Fsp3) is 0.357. The van der Waals surface area contributed by atoms with E-state index in [9.17, 15) is 12.8 Å². The Morgan fingerprint density at radius 2 is 1.74 bits per heavy atom. The number of methoxy groups -OCH3 is 1. The van der Waals surface area contributed by atoms with Crippen molar-refractivity contribution in [3.63, 3.8) is 0 Å². The Labute approximate surface area is 228 Å². The first-order valence-corrected chi connectivity index (χ1v) is 14.3. The van der Waals surface area contributed by atoms with E-state index >= 15 is 0 Å². The number of sulfonamides is 1. The minimum Gasteiger partial charge on any atom is -0.491 e. The lowest BCUT2D eigenvalue weighted by Gasteiger charge is -2.35. The van der Waals surface area contributed by atoms with E-state index in [1.54, 1.807) is 43.5 Å². The highest BCUT2D eigenvalue weighted by molar-refractivity contribution is 7.92. The van der Waals surface area contributed by atoms with Crippen molar-refractivity contribution < 1.29 is 27.0 Å². The number of halogens is 2. The maximum absolute atomic E-state index is 14.4. The summed E-state index contributed by atoms with van der Waals surface area (Å²) in [4.78, 5) is 2.23. The van der Waals surface area contributed by atoms with Crippen LogP contribution in [0.2, 0.25) is 5.02 Å². The lowest BCUT2D eigenvalue weighted by Crippen LogP contribution is -2.33. The van der Waals surface area contributed by atoms with E-state index in [0.29, 0.717) is 61.5 Å². The normalized spacial score (nSPS) is 14.4. The Bertz CT molecular complexity index is 1320. The van der Waals surface area contributed by atoms with Gasteiger partial charge >= 0.3 is 0 Å². The highest BCUT2D eigenvalue weighted by atomic mass is 35.5. The van der Waals surface area contributed by atoms with Gasteiger partial charge in [-0.3, -0.25) is 4.72 Å². The van der Waals surface area contributed by atoms with Crippen LogP contribution in [0.4, 0.5) is 15.8 Å². The van der Waals surface area contributed by atoms with E-state index < -0.39 is 10.0 Å². The van der Waals surface area contributed by atoms with Gasteiger partial charge in [0.05, 0.1) is 36.1 Å². The summed E-state index contributed by atoms with van der Waals surface area (Å²) in [6, 6.07) is 18.5.